The summed E-state index contributed by atoms with van der Waals surface area (Å²) in [6.45, 7) is 0. The molecule has 0 saturated heterocycles. The number of hydrogen-bond acceptors (Lipinski definition) is 5. The molecule has 0 saturated carbocycles. The monoisotopic (exact) mass is 337 g/mol. The number of nitrogens with zero attached hydrogens (tertiary/aromatic N) is 3. The second-order valence-corrected chi connectivity index (χ2v) is 4.56. The number of halogens is 5. The van der Waals surface area contributed by atoms with Gasteiger partial charge in [-0.15, -0.1) is 0 Å². The largest absolute Gasteiger partial charge is 0.416 e. The van der Waals surface area contributed by atoms with Gasteiger partial charge in [0.05, 0.1) is 16.3 Å². The van der Waals surface area contributed by atoms with Crippen LogP contribution in [0.4, 0.5) is 30.8 Å². The Hall–Kier alpha value is -1.80. The van der Waals surface area contributed by atoms with E-state index in [-0.39, 0.29) is 27.9 Å². The first-order valence-corrected chi connectivity index (χ1v) is 6.28. The van der Waals surface area contributed by atoms with E-state index in [1.165, 1.54) is 0 Å². The summed E-state index contributed by atoms with van der Waals surface area (Å²) in [6.07, 6.45) is -4.48. The molecule has 1 aromatic heterocycles. The number of alkyl halides is 3. The molecule has 0 spiro atoms. The maximum absolute atomic E-state index is 12.7. The van der Waals surface area contributed by atoms with Crippen LogP contribution in [0.5, 0.6) is 0 Å². The molecule has 0 aliphatic heterocycles. The lowest BCUT2D eigenvalue weighted by atomic mass is 10.2. The fourth-order valence-corrected chi connectivity index (χ4v) is 1.76. The minimum atomic E-state index is -4.48. The molecule has 2 rings (SSSR count). The molecule has 1 heterocycles. The van der Waals surface area contributed by atoms with Crippen molar-refractivity contribution in [1.29, 1.82) is 0 Å². The van der Waals surface area contributed by atoms with Gasteiger partial charge in [0.25, 0.3) is 0 Å². The summed E-state index contributed by atoms with van der Waals surface area (Å²) < 4.78 is 38.0. The molecule has 1 aromatic carbocycles. The zero-order valence-electron chi connectivity index (χ0n) is 10.5. The zero-order valence-corrected chi connectivity index (χ0v) is 12.0. The Morgan fingerprint density at radius 1 is 1.05 bits per heavy atom. The van der Waals surface area contributed by atoms with E-state index < -0.39 is 11.7 Å². The van der Waals surface area contributed by atoms with Crippen LogP contribution in [-0.4, -0.2) is 22.0 Å². The molecule has 2 aromatic rings. The molecule has 0 atom stereocenters. The molecule has 0 bridgehead atoms. The van der Waals surface area contributed by atoms with Crippen molar-refractivity contribution in [2.75, 3.05) is 17.7 Å². The van der Waals surface area contributed by atoms with E-state index in [1.807, 2.05) is 0 Å². The van der Waals surface area contributed by atoms with Crippen molar-refractivity contribution >= 4 is 40.8 Å². The second kappa shape index (κ2) is 5.90. The minimum absolute atomic E-state index is 0.0100. The highest BCUT2D eigenvalue weighted by Gasteiger charge is 2.31. The first kappa shape index (κ1) is 15.6. The Bertz CT molecular complexity index is 663. The number of hydrogen-bond donors (Lipinski definition) is 2. The number of rotatable bonds is 3. The first-order valence-electron chi connectivity index (χ1n) is 5.52. The molecule has 10 heteroatoms. The quantitative estimate of drug-likeness (QED) is 0.886. The van der Waals surface area contributed by atoms with Crippen molar-refractivity contribution in [1.82, 2.24) is 15.0 Å². The van der Waals surface area contributed by atoms with Crippen LogP contribution < -0.4 is 10.6 Å². The third kappa shape index (κ3) is 3.85. The highest BCUT2D eigenvalue weighted by molar-refractivity contribution is 6.33. The van der Waals surface area contributed by atoms with E-state index in [0.29, 0.717) is 0 Å². The van der Waals surface area contributed by atoms with Gasteiger partial charge >= 0.3 is 6.18 Å². The molecule has 0 radical (unpaired) electrons. The Balaban J connectivity index is 2.37. The fraction of sp³-hybridized carbons (Fsp3) is 0.182. The van der Waals surface area contributed by atoms with E-state index in [1.54, 1.807) is 7.05 Å². The van der Waals surface area contributed by atoms with E-state index in [4.69, 9.17) is 23.2 Å². The van der Waals surface area contributed by atoms with Gasteiger partial charge in [-0.2, -0.15) is 28.1 Å². The normalized spacial score (nSPS) is 11.3. The number of nitrogens with one attached hydrogen (secondary N) is 2. The highest BCUT2D eigenvalue weighted by atomic mass is 35.5. The molecule has 0 amide bonds. The van der Waals surface area contributed by atoms with Gasteiger partial charge < -0.3 is 10.6 Å². The first-order chi connectivity index (χ1) is 9.79. The van der Waals surface area contributed by atoms with Gasteiger partial charge in [-0.05, 0) is 29.8 Å². The van der Waals surface area contributed by atoms with Gasteiger partial charge in [-0.3, -0.25) is 0 Å². The summed E-state index contributed by atoms with van der Waals surface area (Å²) in [4.78, 5) is 11.4. The van der Waals surface area contributed by atoms with E-state index >= 15 is 0 Å². The third-order valence-corrected chi connectivity index (χ3v) is 2.87. The van der Waals surface area contributed by atoms with Gasteiger partial charge in [0.1, 0.15) is 0 Å². The Kier molecular flexibility index (Phi) is 4.38. The predicted molar refractivity (Wildman–Crippen MR) is 74.1 cm³/mol. The van der Waals surface area contributed by atoms with Crippen molar-refractivity contribution < 1.29 is 13.2 Å². The Morgan fingerprint density at radius 3 is 2.33 bits per heavy atom. The van der Waals surface area contributed by atoms with E-state index in [9.17, 15) is 13.2 Å². The number of aromatic nitrogens is 3. The van der Waals surface area contributed by atoms with Crippen LogP contribution in [-0.2, 0) is 6.18 Å². The summed E-state index contributed by atoms with van der Waals surface area (Å²) in [5.41, 5.74) is -0.834. The standard InChI is InChI=1S/C11H8Cl2F3N5/c1-17-9-19-8(13)20-10(21-9)18-7-4-5(11(14,15)16)2-3-6(7)12/h2-4H,1H3,(H2,17,18,19,20,21). The molecule has 0 aliphatic rings. The van der Waals surface area contributed by atoms with Crippen molar-refractivity contribution in [3.63, 3.8) is 0 Å². The van der Waals surface area contributed by atoms with Crippen LogP contribution >= 0.6 is 23.2 Å². The lowest BCUT2D eigenvalue weighted by Crippen LogP contribution is -2.07. The molecule has 0 fully saturated rings. The van der Waals surface area contributed by atoms with Crippen LogP contribution in [0, 0.1) is 0 Å². The van der Waals surface area contributed by atoms with Crippen molar-refractivity contribution in [3.8, 4) is 0 Å². The van der Waals surface area contributed by atoms with Gasteiger partial charge in [-0.1, -0.05) is 11.6 Å². The molecule has 112 valence electrons. The average molecular weight is 338 g/mol. The summed E-state index contributed by atoms with van der Waals surface area (Å²) in [5, 5.41) is 5.20. The van der Waals surface area contributed by atoms with Crippen LogP contribution in [0.15, 0.2) is 18.2 Å². The number of benzene rings is 1. The van der Waals surface area contributed by atoms with E-state index in [2.05, 4.69) is 25.6 Å². The lowest BCUT2D eigenvalue weighted by Gasteiger charge is -2.12. The number of anilines is 3. The van der Waals surface area contributed by atoms with Crippen LogP contribution in [0.25, 0.3) is 0 Å². The predicted octanol–water partition coefficient (Wildman–Crippen LogP) is 3.98. The SMILES string of the molecule is CNc1nc(Cl)nc(Nc2cc(C(F)(F)F)ccc2Cl)n1. The molecule has 21 heavy (non-hydrogen) atoms. The summed E-state index contributed by atoms with van der Waals surface area (Å²) >= 11 is 11.5. The smallest absolute Gasteiger partial charge is 0.357 e. The molecule has 2 N–H and O–H groups in total. The summed E-state index contributed by atoms with van der Waals surface area (Å²) in [7, 11) is 1.56. The second-order valence-electron chi connectivity index (χ2n) is 3.82. The topological polar surface area (TPSA) is 62.7 Å². The molecule has 0 aliphatic carbocycles. The Labute approximate surface area is 127 Å². The lowest BCUT2D eigenvalue weighted by molar-refractivity contribution is -0.137. The summed E-state index contributed by atoms with van der Waals surface area (Å²) in [6, 6.07) is 2.88. The van der Waals surface area contributed by atoms with Crippen molar-refractivity contribution in [2.45, 2.75) is 6.18 Å². The minimum Gasteiger partial charge on any atom is -0.357 e. The summed E-state index contributed by atoms with van der Waals surface area (Å²) in [5.74, 6) is 0.140. The molecule has 0 unspecified atom stereocenters. The highest BCUT2D eigenvalue weighted by Crippen LogP contribution is 2.34. The molecular formula is C11H8Cl2F3N5. The van der Waals surface area contributed by atoms with Gasteiger partial charge in [0.2, 0.25) is 17.2 Å². The Morgan fingerprint density at radius 2 is 1.71 bits per heavy atom. The van der Waals surface area contributed by atoms with Gasteiger partial charge in [-0.25, -0.2) is 0 Å². The van der Waals surface area contributed by atoms with E-state index in [0.717, 1.165) is 18.2 Å². The molecule has 5 nitrogen and oxygen atoms in total. The van der Waals surface area contributed by atoms with Gasteiger partial charge in [0.15, 0.2) is 0 Å². The zero-order chi connectivity index (χ0) is 15.6. The van der Waals surface area contributed by atoms with Crippen LogP contribution in [0.2, 0.25) is 10.3 Å². The van der Waals surface area contributed by atoms with Crippen molar-refractivity contribution in [3.05, 3.63) is 34.1 Å². The van der Waals surface area contributed by atoms with Crippen molar-refractivity contribution in [2.24, 2.45) is 0 Å². The molecular weight excluding hydrogens is 330 g/mol. The third-order valence-electron chi connectivity index (χ3n) is 2.37. The average Bonchev–Trinajstić information content (AvgIpc) is 2.39. The van der Waals surface area contributed by atoms with Gasteiger partial charge in [0, 0.05) is 7.05 Å². The maximum Gasteiger partial charge on any atom is 0.416 e. The van der Waals surface area contributed by atoms with Crippen LogP contribution in [0.3, 0.4) is 0 Å². The fourth-order valence-electron chi connectivity index (χ4n) is 1.44. The maximum atomic E-state index is 12.7. The van der Waals surface area contributed by atoms with Crippen LogP contribution in [0.1, 0.15) is 5.56 Å².